The second-order valence-electron chi connectivity index (χ2n) is 10.9. The van der Waals surface area contributed by atoms with Crippen molar-refractivity contribution in [1.82, 2.24) is 9.47 Å². The number of hydrogen-bond donors (Lipinski definition) is 1. The van der Waals surface area contributed by atoms with Gasteiger partial charge in [0.25, 0.3) is 5.56 Å². The van der Waals surface area contributed by atoms with E-state index in [9.17, 15) is 14.4 Å². The van der Waals surface area contributed by atoms with Crippen molar-refractivity contribution in [3.8, 4) is 0 Å². The molecule has 2 amide bonds. The van der Waals surface area contributed by atoms with E-state index in [4.69, 9.17) is 4.74 Å². The Kier molecular flexibility index (Phi) is 5.19. The van der Waals surface area contributed by atoms with Crippen molar-refractivity contribution in [1.29, 1.82) is 0 Å². The molecule has 4 saturated carbocycles. The Morgan fingerprint density at radius 1 is 1.06 bits per heavy atom. The summed E-state index contributed by atoms with van der Waals surface area (Å²) >= 11 is 0. The molecule has 34 heavy (non-hydrogen) atoms. The van der Waals surface area contributed by atoms with Crippen LogP contribution >= 0.6 is 0 Å². The summed E-state index contributed by atoms with van der Waals surface area (Å²) in [5, 5.41) is 4.67. The molecule has 0 spiro atoms. The fourth-order valence-electron chi connectivity index (χ4n) is 7.64. The summed E-state index contributed by atoms with van der Waals surface area (Å²) in [6.07, 6.45) is 8.78. The van der Waals surface area contributed by atoms with Gasteiger partial charge in [-0.2, -0.15) is 0 Å². The van der Waals surface area contributed by atoms with Crippen molar-refractivity contribution in [2.45, 2.75) is 57.9 Å². The van der Waals surface area contributed by atoms with E-state index < -0.39 is 0 Å². The summed E-state index contributed by atoms with van der Waals surface area (Å²) in [6, 6.07) is 7.63. The van der Waals surface area contributed by atoms with Gasteiger partial charge in [0.1, 0.15) is 0 Å². The van der Waals surface area contributed by atoms with Crippen molar-refractivity contribution in [3.05, 3.63) is 40.8 Å². The second-order valence-corrected chi connectivity index (χ2v) is 10.9. The first kappa shape index (κ1) is 21.7. The molecule has 2 heterocycles. The van der Waals surface area contributed by atoms with Crippen molar-refractivity contribution in [2.75, 3.05) is 25.0 Å². The highest BCUT2D eigenvalue weighted by Gasteiger charge is 2.61. The molecule has 7 nitrogen and oxygen atoms in total. The minimum absolute atomic E-state index is 0.0396. The average Bonchev–Trinajstić information content (AvgIpc) is 3.24. The van der Waals surface area contributed by atoms with E-state index >= 15 is 0 Å². The van der Waals surface area contributed by atoms with Crippen LogP contribution in [0.25, 0.3) is 10.8 Å². The van der Waals surface area contributed by atoms with Crippen LogP contribution in [0.15, 0.2) is 35.3 Å². The first-order valence-electron chi connectivity index (χ1n) is 12.9. The molecule has 0 radical (unpaired) electrons. The lowest BCUT2D eigenvalue weighted by molar-refractivity contribution is -0.127. The zero-order valence-corrected chi connectivity index (χ0v) is 19.8. The van der Waals surface area contributed by atoms with Crippen LogP contribution in [0.3, 0.4) is 0 Å². The molecule has 1 aromatic carbocycles. The van der Waals surface area contributed by atoms with Crippen LogP contribution in [0.1, 0.15) is 57.9 Å². The third-order valence-electron chi connectivity index (χ3n) is 9.05. The van der Waals surface area contributed by atoms with Crippen LogP contribution in [0.2, 0.25) is 0 Å². The fourth-order valence-corrected chi connectivity index (χ4v) is 7.64. The quantitative estimate of drug-likeness (QED) is 0.721. The molecule has 180 valence electrons. The second kappa shape index (κ2) is 8.14. The van der Waals surface area contributed by atoms with Crippen LogP contribution in [-0.4, -0.2) is 41.2 Å². The Morgan fingerprint density at radius 3 is 2.50 bits per heavy atom. The zero-order chi connectivity index (χ0) is 23.4. The maximum atomic E-state index is 13.5. The number of carbonyl (C=O) groups excluding carboxylic acids is 2. The summed E-state index contributed by atoms with van der Waals surface area (Å²) in [6.45, 7) is 3.33. The largest absolute Gasteiger partial charge is 0.450 e. The van der Waals surface area contributed by atoms with E-state index in [-0.39, 0.29) is 29.0 Å². The molecule has 4 atom stereocenters. The number of anilines is 1. The lowest BCUT2D eigenvalue weighted by atomic mass is 9.75. The van der Waals surface area contributed by atoms with Crippen LogP contribution < -0.4 is 10.9 Å². The summed E-state index contributed by atoms with van der Waals surface area (Å²) < 4.78 is 6.90. The Labute approximate surface area is 199 Å². The molecule has 2 aromatic rings. The van der Waals surface area contributed by atoms with Crippen molar-refractivity contribution in [3.63, 3.8) is 0 Å². The SMILES string of the molecule is CCOC(=O)N1CCC(n2ccc3c(NC(=O)C45C[C@@H]6CC4C[C@@H](C6)C5)cccc3c2=O)CC1. The summed E-state index contributed by atoms with van der Waals surface area (Å²) in [5.41, 5.74) is 0.504. The third kappa shape index (κ3) is 3.35. The van der Waals surface area contributed by atoms with Crippen LogP contribution in [0, 0.1) is 23.2 Å². The van der Waals surface area contributed by atoms with Crippen LogP contribution in [0.4, 0.5) is 10.5 Å². The molecule has 1 aliphatic heterocycles. The van der Waals surface area contributed by atoms with E-state index in [0.717, 1.165) is 35.8 Å². The maximum absolute atomic E-state index is 13.5. The smallest absolute Gasteiger partial charge is 0.409 e. The molecular weight excluding hydrogens is 430 g/mol. The first-order valence-corrected chi connectivity index (χ1v) is 12.9. The summed E-state index contributed by atoms with van der Waals surface area (Å²) in [7, 11) is 0. The van der Waals surface area contributed by atoms with E-state index in [0.29, 0.717) is 43.8 Å². The van der Waals surface area contributed by atoms with Crippen LogP contribution in [-0.2, 0) is 9.53 Å². The minimum Gasteiger partial charge on any atom is -0.450 e. The molecule has 7 heteroatoms. The first-order chi connectivity index (χ1) is 16.5. The number of likely N-dealkylation sites (tertiary alicyclic amines) is 1. The standard InChI is InChI=1S/C27H33N3O4/c1-2-34-26(33)29-9-6-20(7-10-29)30-11-8-21-22(24(30)31)4-3-5-23(21)28-25(32)27-15-17-12-18(16-27)14-19(27)13-17/h3-5,8,11,17-20H,2,6-7,9-10,12-16H2,1H3,(H,28,32)/t17-,18+,19?,27?. The molecule has 5 aliphatic rings. The number of ether oxygens (including phenoxy) is 1. The molecule has 2 unspecified atom stereocenters. The number of nitrogens with one attached hydrogen (secondary N) is 1. The van der Waals surface area contributed by atoms with Crippen molar-refractivity contribution >= 4 is 28.5 Å². The Hall–Kier alpha value is -2.83. The molecule has 1 saturated heterocycles. The Balaban J connectivity index is 1.23. The Morgan fingerprint density at radius 2 is 1.79 bits per heavy atom. The molecule has 5 fully saturated rings. The predicted molar refractivity (Wildman–Crippen MR) is 130 cm³/mol. The molecule has 1 N–H and O–H groups in total. The molecule has 4 bridgehead atoms. The van der Waals surface area contributed by atoms with Crippen molar-refractivity contribution in [2.24, 2.45) is 23.2 Å². The van der Waals surface area contributed by atoms with Gasteiger partial charge in [0.15, 0.2) is 0 Å². The van der Waals surface area contributed by atoms with Gasteiger partial charge < -0.3 is 19.5 Å². The van der Waals surface area contributed by atoms with Gasteiger partial charge in [-0.05, 0) is 87.8 Å². The number of rotatable bonds is 4. The number of piperidine rings is 1. The van der Waals surface area contributed by atoms with Gasteiger partial charge in [-0.15, -0.1) is 0 Å². The molecule has 4 aliphatic carbocycles. The van der Waals surface area contributed by atoms with Gasteiger partial charge in [-0.1, -0.05) is 6.07 Å². The molecule has 7 rings (SSSR count). The van der Waals surface area contributed by atoms with E-state index in [1.165, 1.54) is 19.3 Å². The van der Waals surface area contributed by atoms with E-state index in [1.54, 1.807) is 16.4 Å². The van der Waals surface area contributed by atoms with E-state index in [2.05, 4.69) is 5.32 Å². The fraction of sp³-hybridized carbons (Fsp3) is 0.593. The van der Waals surface area contributed by atoms with Gasteiger partial charge in [0.2, 0.25) is 5.91 Å². The summed E-state index contributed by atoms with van der Waals surface area (Å²) in [5.74, 6) is 2.13. The monoisotopic (exact) mass is 463 g/mol. The predicted octanol–water partition coefficient (Wildman–Crippen LogP) is 4.56. The zero-order valence-electron chi connectivity index (χ0n) is 19.8. The third-order valence-corrected chi connectivity index (χ3v) is 9.05. The van der Waals surface area contributed by atoms with Crippen LogP contribution in [0.5, 0.6) is 0 Å². The van der Waals surface area contributed by atoms with Gasteiger partial charge in [0.05, 0.1) is 12.0 Å². The van der Waals surface area contributed by atoms with Gasteiger partial charge in [-0.3, -0.25) is 9.59 Å². The number of nitrogens with zero attached hydrogens (tertiary/aromatic N) is 2. The Bertz CT molecular complexity index is 1180. The highest BCUT2D eigenvalue weighted by molar-refractivity contribution is 6.04. The lowest BCUT2D eigenvalue weighted by Gasteiger charge is -2.32. The summed E-state index contributed by atoms with van der Waals surface area (Å²) in [4.78, 5) is 40.6. The minimum atomic E-state index is -0.282. The van der Waals surface area contributed by atoms with Gasteiger partial charge in [0, 0.05) is 41.8 Å². The van der Waals surface area contributed by atoms with E-state index in [1.807, 2.05) is 30.5 Å². The number of amides is 2. The number of pyridine rings is 1. The normalized spacial score (nSPS) is 30.1. The van der Waals surface area contributed by atoms with Crippen molar-refractivity contribution < 1.29 is 14.3 Å². The topological polar surface area (TPSA) is 80.6 Å². The number of hydrogen-bond acceptors (Lipinski definition) is 4. The number of aromatic nitrogens is 1. The number of fused-ring (bicyclic) bond motifs is 1. The highest BCUT2D eigenvalue weighted by atomic mass is 16.6. The number of benzene rings is 1. The van der Waals surface area contributed by atoms with Gasteiger partial charge >= 0.3 is 6.09 Å². The lowest BCUT2D eigenvalue weighted by Crippen LogP contribution is -2.41. The highest BCUT2D eigenvalue weighted by Crippen LogP contribution is 2.65. The van der Waals surface area contributed by atoms with Gasteiger partial charge in [-0.25, -0.2) is 4.79 Å². The molecule has 1 aromatic heterocycles. The maximum Gasteiger partial charge on any atom is 0.409 e. The number of carbonyl (C=O) groups is 2. The average molecular weight is 464 g/mol. The molecular formula is C27H33N3O4.